The zero-order valence-electron chi connectivity index (χ0n) is 36.0. The van der Waals surface area contributed by atoms with Gasteiger partial charge in [0.15, 0.2) is 17.5 Å². The van der Waals surface area contributed by atoms with E-state index in [0.717, 1.165) is 59.8 Å². The second-order valence-corrected chi connectivity index (χ2v) is 20.0. The maximum absolute atomic E-state index is 6.65. The molecule has 0 fully saturated rings. The lowest BCUT2D eigenvalue weighted by atomic mass is 9.78. The van der Waals surface area contributed by atoms with Gasteiger partial charge in [0.25, 0.3) is 0 Å². The molecule has 310 valence electrons. The third-order valence-electron chi connectivity index (χ3n) is 13.7. The molecular weight excluding hydrogens is 843 g/mol. The molecule has 0 saturated heterocycles. The van der Waals surface area contributed by atoms with Crippen molar-refractivity contribution in [2.75, 3.05) is 0 Å². The van der Waals surface area contributed by atoms with Gasteiger partial charge in [-0.25, -0.2) is 15.0 Å². The topological polar surface area (TPSA) is 51.8 Å². The van der Waals surface area contributed by atoms with Crippen LogP contribution >= 0.6 is 22.7 Å². The molecule has 1 aliphatic rings. The van der Waals surface area contributed by atoms with Crippen molar-refractivity contribution >= 4 is 85.0 Å². The van der Waals surface area contributed by atoms with E-state index >= 15 is 0 Å². The summed E-state index contributed by atoms with van der Waals surface area (Å²) in [6, 6.07) is 67.6. The van der Waals surface area contributed by atoms with Gasteiger partial charge >= 0.3 is 0 Å². The number of rotatable bonds is 5. The van der Waals surface area contributed by atoms with E-state index in [4.69, 9.17) is 19.4 Å². The molecule has 0 spiro atoms. The fraction of sp³-hybridized carbons (Fsp3) is 0.0500. The Bertz CT molecular complexity index is 4170. The molecule has 0 aliphatic heterocycles. The van der Waals surface area contributed by atoms with Crippen LogP contribution in [0.4, 0.5) is 0 Å². The summed E-state index contributed by atoms with van der Waals surface area (Å²) in [5.41, 5.74) is 14.5. The summed E-state index contributed by atoms with van der Waals surface area (Å²) in [6.07, 6.45) is 0. The Hall–Kier alpha value is -7.77. The first-order valence-corrected chi connectivity index (χ1v) is 24.0. The highest BCUT2D eigenvalue weighted by atomic mass is 32.1. The zero-order valence-corrected chi connectivity index (χ0v) is 37.6. The average molecular weight is 880 g/mol. The maximum Gasteiger partial charge on any atom is 0.165 e. The van der Waals surface area contributed by atoms with E-state index in [1.54, 1.807) is 22.7 Å². The average Bonchev–Trinajstić information content (AvgIpc) is 4.12. The second-order valence-electron chi connectivity index (χ2n) is 17.8. The van der Waals surface area contributed by atoms with E-state index in [9.17, 15) is 0 Å². The van der Waals surface area contributed by atoms with Gasteiger partial charge in [-0.15, -0.1) is 22.7 Å². The molecule has 6 heteroatoms. The Labute approximate surface area is 388 Å². The predicted molar refractivity (Wildman–Crippen MR) is 278 cm³/mol. The number of aromatic nitrogens is 3. The first-order chi connectivity index (χ1) is 32.5. The highest BCUT2D eigenvalue weighted by Gasteiger charge is 2.37. The van der Waals surface area contributed by atoms with E-state index in [-0.39, 0.29) is 5.41 Å². The normalized spacial score (nSPS) is 13.1. The summed E-state index contributed by atoms with van der Waals surface area (Å²) in [5.74, 6) is 1.89. The Morgan fingerprint density at radius 1 is 0.379 bits per heavy atom. The van der Waals surface area contributed by atoms with Gasteiger partial charge in [-0.2, -0.15) is 0 Å². The molecule has 0 radical (unpaired) electrons. The zero-order chi connectivity index (χ0) is 43.7. The van der Waals surface area contributed by atoms with E-state index in [1.807, 2.05) is 12.1 Å². The Morgan fingerprint density at radius 3 is 1.82 bits per heavy atom. The number of hydrogen-bond acceptors (Lipinski definition) is 6. The third-order valence-corrected chi connectivity index (χ3v) is 16.1. The molecule has 1 aliphatic carbocycles. The molecule has 66 heavy (non-hydrogen) atoms. The lowest BCUT2D eigenvalue weighted by molar-refractivity contribution is 0.662. The van der Waals surface area contributed by atoms with Crippen molar-refractivity contribution in [3.8, 4) is 67.5 Å². The van der Waals surface area contributed by atoms with Crippen molar-refractivity contribution in [3.63, 3.8) is 0 Å². The summed E-state index contributed by atoms with van der Waals surface area (Å²) < 4.78 is 11.5. The molecule has 13 aromatic rings. The lowest BCUT2D eigenvalue weighted by Gasteiger charge is -2.24. The second kappa shape index (κ2) is 14.1. The minimum absolute atomic E-state index is 0.118. The fourth-order valence-corrected chi connectivity index (χ4v) is 13.1. The van der Waals surface area contributed by atoms with Gasteiger partial charge in [-0.05, 0) is 93.0 Å². The minimum atomic E-state index is -0.118. The third kappa shape index (κ3) is 5.52. The van der Waals surface area contributed by atoms with Crippen LogP contribution in [0.5, 0.6) is 0 Å². The molecule has 4 nitrogen and oxygen atoms in total. The van der Waals surface area contributed by atoms with Crippen molar-refractivity contribution in [1.29, 1.82) is 0 Å². The number of fused-ring (bicyclic) bond motifs is 12. The highest BCUT2D eigenvalue weighted by molar-refractivity contribution is 7.26. The van der Waals surface area contributed by atoms with E-state index in [0.29, 0.717) is 17.5 Å². The van der Waals surface area contributed by atoms with Gasteiger partial charge in [0.1, 0.15) is 11.2 Å². The molecule has 0 N–H and O–H groups in total. The van der Waals surface area contributed by atoms with Gasteiger partial charge in [0, 0.05) is 73.2 Å². The van der Waals surface area contributed by atoms with Crippen molar-refractivity contribution in [2.45, 2.75) is 19.3 Å². The van der Waals surface area contributed by atoms with Crippen LogP contribution in [0.3, 0.4) is 0 Å². The van der Waals surface area contributed by atoms with Crippen LogP contribution in [0.1, 0.15) is 25.0 Å². The van der Waals surface area contributed by atoms with Crippen molar-refractivity contribution in [3.05, 3.63) is 199 Å². The molecule has 14 rings (SSSR count). The lowest BCUT2D eigenvalue weighted by Crippen LogP contribution is -2.16. The van der Waals surface area contributed by atoms with Crippen LogP contribution in [-0.2, 0) is 5.41 Å². The molecule has 0 unspecified atom stereocenters. The number of benzene rings is 9. The molecular formula is C60H37N3OS2. The van der Waals surface area contributed by atoms with Crippen LogP contribution in [0.2, 0.25) is 0 Å². The largest absolute Gasteiger partial charge is 0.456 e. The molecule has 0 saturated carbocycles. The van der Waals surface area contributed by atoms with Crippen molar-refractivity contribution in [2.24, 2.45) is 0 Å². The molecule has 4 aromatic heterocycles. The van der Waals surface area contributed by atoms with Gasteiger partial charge in [0.05, 0.1) is 0 Å². The fourth-order valence-electron chi connectivity index (χ4n) is 10.8. The number of hydrogen-bond donors (Lipinski definition) is 0. The van der Waals surface area contributed by atoms with Gasteiger partial charge in [-0.3, -0.25) is 0 Å². The standard InChI is InChI=1S/C60H37N3OS2/c1-60(2)47-25-6-3-16-38(47)40-20-10-19-37(55(40)60)36-15-9-14-34(32-36)35-30-31-48-46(33-35)53-43(22-12-26-49(53)64-48)57-61-58(44-23-13-29-52-54(44)42-18-5-8-28-51(42)65-52)63-59(62-57)45-24-11-21-41-39-17-4-7-27-50(39)66-56(41)45/h3-33H,1-2H3. The predicted octanol–water partition coefficient (Wildman–Crippen LogP) is 17.1. The van der Waals surface area contributed by atoms with E-state index < -0.39 is 0 Å². The van der Waals surface area contributed by atoms with Crippen LogP contribution in [0, 0.1) is 0 Å². The summed E-state index contributed by atoms with van der Waals surface area (Å²) in [7, 11) is 0. The van der Waals surface area contributed by atoms with E-state index in [1.165, 1.54) is 63.6 Å². The smallest absolute Gasteiger partial charge is 0.165 e. The molecule has 0 bridgehead atoms. The van der Waals surface area contributed by atoms with Crippen molar-refractivity contribution in [1.82, 2.24) is 15.0 Å². The molecule has 0 atom stereocenters. The van der Waals surface area contributed by atoms with Gasteiger partial charge in [-0.1, -0.05) is 153 Å². The number of nitrogens with zero attached hydrogens (tertiary/aromatic N) is 3. The number of furan rings is 1. The van der Waals surface area contributed by atoms with Gasteiger partial charge in [0.2, 0.25) is 0 Å². The minimum Gasteiger partial charge on any atom is -0.456 e. The van der Waals surface area contributed by atoms with Crippen LogP contribution in [-0.4, -0.2) is 15.0 Å². The number of thiophene rings is 2. The Balaban J connectivity index is 0.964. The van der Waals surface area contributed by atoms with Gasteiger partial charge < -0.3 is 4.42 Å². The molecule has 4 heterocycles. The van der Waals surface area contributed by atoms with Crippen molar-refractivity contribution < 1.29 is 4.42 Å². The summed E-state index contributed by atoms with van der Waals surface area (Å²) in [6.45, 7) is 4.71. The summed E-state index contributed by atoms with van der Waals surface area (Å²) in [4.78, 5) is 16.2. The van der Waals surface area contributed by atoms with E-state index in [2.05, 4.69) is 190 Å². The molecule has 0 amide bonds. The quantitative estimate of drug-likeness (QED) is 0.173. The Morgan fingerprint density at radius 2 is 0.955 bits per heavy atom. The summed E-state index contributed by atoms with van der Waals surface area (Å²) in [5, 5.41) is 6.80. The monoisotopic (exact) mass is 879 g/mol. The Kier molecular flexibility index (Phi) is 8.04. The van der Waals surface area contributed by atoms with Crippen LogP contribution in [0.25, 0.3) is 130 Å². The highest BCUT2D eigenvalue weighted by Crippen LogP contribution is 2.52. The first kappa shape index (κ1) is 37.6. The van der Waals surface area contributed by atoms with Crippen LogP contribution in [0.15, 0.2) is 192 Å². The maximum atomic E-state index is 6.65. The van der Waals surface area contributed by atoms with Crippen LogP contribution < -0.4 is 0 Å². The molecule has 9 aromatic carbocycles. The first-order valence-electron chi connectivity index (χ1n) is 22.3. The summed E-state index contributed by atoms with van der Waals surface area (Å²) >= 11 is 3.59. The SMILES string of the molecule is CC1(C)c2ccccc2-c2cccc(-c3cccc(-c4ccc5oc6cccc(-c7nc(-c8cccc9c8sc8ccccc89)nc(-c8cccc9sc%10ccccc%10c89)n7)c6c5c4)c3)c21.